The van der Waals surface area contributed by atoms with E-state index in [2.05, 4.69) is 40.5 Å². The molecule has 0 bridgehead atoms. The number of nitrogens with one attached hydrogen (secondary N) is 1. The molecule has 40 heavy (non-hydrogen) atoms. The molecule has 8 nitrogen and oxygen atoms in total. The van der Waals surface area contributed by atoms with E-state index in [1.54, 1.807) is 11.3 Å². The van der Waals surface area contributed by atoms with Crippen molar-refractivity contribution >= 4 is 27.5 Å². The maximum atomic E-state index is 11.8. The molecule has 1 N–H and O–H groups in total. The van der Waals surface area contributed by atoms with Gasteiger partial charge in [0.15, 0.2) is 6.20 Å². The summed E-state index contributed by atoms with van der Waals surface area (Å²) in [4.78, 5) is 11.8. The summed E-state index contributed by atoms with van der Waals surface area (Å²) in [6, 6.07) is 0. The molecule has 1 rings (SSSR count). The topological polar surface area (TPSA) is 109 Å². The highest BCUT2D eigenvalue weighted by atomic mass is 32.2. The lowest BCUT2D eigenvalue weighted by atomic mass is 10.0. The number of thiazole rings is 1. The molecule has 0 atom stereocenters. The van der Waals surface area contributed by atoms with Crippen molar-refractivity contribution in [2.45, 2.75) is 123 Å². The molecule has 10 heteroatoms. The molecule has 1 heterocycles. The van der Waals surface area contributed by atoms with Gasteiger partial charge in [-0.2, -0.15) is 4.57 Å². The molecule has 0 aliphatic carbocycles. The number of carbonyl (C=O) groups excluding carboxylic acids is 1. The molecule has 0 aromatic carbocycles. The van der Waals surface area contributed by atoms with Gasteiger partial charge in [-0.25, -0.2) is 13.2 Å². The second-order valence-corrected chi connectivity index (χ2v) is 12.6. The Balaban J connectivity index is 0.00000277. The molecule has 0 saturated carbocycles. The molecule has 234 valence electrons. The molecule has 0 aliphatic rings. The highest BCUT2D eigenvalue weighted by molar-refractivity contribution is 7.84. The van der Waals surface area contributed by atoms with E-state index >= 15 is 0 Å². The molecule has 1 aromatic heterocycles. The number of carbonyl (C=O) groups is 1. The minimum absolute atomic E-state index is 0.225. The molecule has 1 aromatic rings. The number of amides is 1. The first-order valence-electron chi connectivity index (χ1n) is 15.2. The summed E-state index contributed by atoms with van der Waals surface area (Å²) in [6.07, 6.45) is 24.3. The molecule has 0 fully saturated rings. The zero-order valence-electron chi connectivity index (χ0n) is 25.2. The summed E-state index contributed by atoms with van der Waals surface area (Å²) < 4.78 is 40.3. The predicted octanol–water partition coefficient (Wildman–Crippen LogP) is 7.15. The Hall–Kier alpha value is -1.49. The minimum Gasteiger partial charge on any atom is -0.748 e. The Bertz CT molecular complexity index is 808. The molecule has 1 amide bonds. The second kappa shape index (κ2) is 27.7. The summed E-state index contributed by atoms with van der Waals surface area (Å²) in [5.74, 6) is 0. The number of hydrogen-bond acceptors (Lipinski definition) is 7. The third-order valence-corrected chi connectivity index (χ3v) is 6.92. The Morgan fingerprint density at radius 2 is 1.40 bits per heavy atom. The number of aryl methyl sites for hydroxylation is 1. The average molecular weight is 605 g/mol. The van der Waals surface area contributed by atoms with Crippen LogP contribution in [0.5, 0.6) is 0 Å². The summed E-state index contributed by atoms with van der Waals surface area (Å²) in [7, 11) is -3.92. The summed E-state index contributed by atoms with van der Waals surface area (Å²) in [5.41, 5.74) is 2.95. The molecule has 0 spiro atoms. The van der Waals surface area contributed by atoms with Gasteiger partial charge >= 0.3 is 6.09 Å². The van der Waals surface area contributed by atoms with Crippen molar-refractivity contribution in [1.82, 2.24) is 5.32 Å². The minimum atomic E-state index is -3.92. The number of unbranched alkanes of at least 4 members (excludes halogenated alkanes) is 15. The first-order chi connectivity index (χ1) is 19.2. The molecule has 0 unspecified atom stereocenters. The first kappa shape index (κ1) is 38.5. The zero-order valence-corrected chi connectivity index (χ0v) is 26.8. The summed E-state index contributed by atoms with van der Waals surface area (Å²) in [6.45, 7) is 9.41. The summed E-state index contributed by atoms with van der Waals surface area (Å²) in [5, 5.41) is 4.95. The van der Waals surface area contributed by atoms with Gasteiger partial charge in [0.05, 0.1) is 22.1 Å². The largest absolute Gasteiger partial charge is 0.748 e. The van der Waals surface area contributed by atoms with Crippen molar-refractivity contribution in [3.8, 4) is 0 Å². The van der Waals surface area contributed by atoms with E-state index in [0.717, 1.165) is 31.6 Å². The van der Waals surface area contributed by atoms with E-state index in [9.17, 15) is 4.79 Å². The number of nitrogens with zero attached hydrogens (tertiary/aromatic N) is 1. The highest BCUT2D eigenvalue weighted by Gasteiger charge is 2.04. The van der Waals surface area contributed by atoms with Crippen molar-refractivity contribution in [2.75, 3.05) is 32.6 Å². The fourth-order valence-electron chi connectivity index (χ4n) is 4.05. The molecule has 0 radical (unpaired) electrons. The van der Waals surface area contributed by atoms with Crippen molar-refractivity contribution in [3.63, 3.8) is 0 Å². The van der Waals surface area contributed by atoms with Crippen LogP contribution in [0.25, 0.3) is 0 Å². The zero-order chi connectivity index (χ0) is 29.7. The Kier molecular flexibility index (Phi) is 26.6. The van der Waals surface area contributed by atoms with Gasteiger partial charge in [0.25, 0.3) is 0 Å². The van der Waals surface area contributed by atoms with Crippen LogP contribution in [0.1, 0.15) is 116 Å². The van der Waals surface area contributed by atoms with E-state index < -0.39 is 10.1 Å². The second-order valence-electron chi connectivity index (χ2n) is 10.4. The normalized spacial score (nSPS) is 11.1. The van der Waals surface area contributed by atoms with E-state index in [-0.39, 0.29) is 12.7 Å². The fourth-order valence-corrected chi connectivity index (χ4v) is 4.68. The smallest absolute Gasteiger partial charge is 0.407 e. The standard InChI is InChI=1S/C29H52N2O3S.CH4O3S/c1-3-4-5-6-7-8-9-10-11-12-13-14-17-20-30-29(32)34-26-28(2)25-33-23-19-16-15-18-21-31-22-24-35-27-31;1-5(2,3)4/h22,24,27H,2-21,23,25-26H2,1H3;1H3,(H,2,3,4). The van der Waals surface area contributed by atoms with Crippen LogP contribution in [0, 0.1) is 0 Å². The van der Waals surface area contributed by atoms with Crippen molar-refractivity contribution in [2.24, 2.45) is 0 Å². The van der Waals surface area contributed by atoms with Gasteiger partial charge < -0.3 is 19.3 Å². The molecule has 0 aliphatic heterocycles. The van der Waals surface area contributed by atoms with Gasteiger partial charge in [-0.1, -0.05) is 108 Å². The van der Waals surface area contributed by atoms with Crippen LogP contribution in [0.15, 0.2) is 29.2 Å². The lowest BCUT2D eigenvalue weighted by Crippen LogP contribution is -2.29. The highest BCUT2D eigenvalue weighted by Crippen LogP contribution is 2.12. The van der Waals surface area contributed by atoms with Crippen molar-refractivity contribution in [3.05, 3.63) is 29.2 Å². The number of hydrogen-bond donors (Lipinski definition) is 1. The third-order valence-electron chi connectivity index (χ3n) is 6.25. The lowest BCUT2D eigenvalue weighted by Gasteiger charge is -2.09. The van der Waals surface area contributed by atoms with Gasteiger partial charge in [0, 0.05) is 25.8 Å². The number of aromatic nitrogens is 1. The van der Waals surface area contributed by atoms with Crippen LogP contribution in [0.4, 0.5) is 4.79 Å². The van der Waals surface area contributed by atoms with Gasteiger partial charge in [0.2, 0.25) is 5.51 Å². The van der Waals surface area contributed by atoms with Gasteiger partial charge in [0.1, 0.15) is 13.2 Å². The maximum Gasteiger partial charge on any atom is 0.407 e. The predicted molar refractivity (Wildman–Crippen MR) is 164 cm³/mol. The van der Waals surface area contributed by atoms with Crippen LogP contribution in [0.3, 0.4) is 0 Å². The molecular weight excluding hydrogens is 548 g/mol. The van der Waals surface area contributed by atoms with E-state index in [4.69, 9.17) is 22.4 Å². The van der Waals surface area contributed by atoms with Gasteiger partial charge in [-0.05, 0) is 24.8 Å². The van der Waals surface area contributed by atoms with E-state index in [1.165, 1.54) is 96.3 Å². The number of rotatable bonds is 25. The van der Waals surface area contributed by atoms with Crippen LogP contribution < -0.4 is 9.88 Å². The summed E-state index contributed by atoms with van der Waals surface area (Å²) >= 11 is 1.73. The van der Waals surface area contributed by atoms with Crippen molar-refractivity contribution < 1.29 is 31.8 Å². The molecular formula is C30H56N2O6S2. The number of ether oxygens (including phenoxy) is 2. The SMILES string of the molecule is C=C(COCCCCCC[n+]1ccsc1)COC(=O)NCCCCCCCCCCCCCCC.CS(=O)(=O)[O-]. The van der Waals surface area contributed by atoms with Gasteiger partial charge in [-0.15, -0.1) is 0 Å². The van der Waals surface area contributed by atoms with E-state index in [0.29, 0.717) is 19.4 Å². The van der Waals surface area contributed by atoms with Crippen LogP contribution in [-0.4, -0.2) is 51.7 Å². The fraction of sp³-hybridized carbons (Fsp3) is 0.800. The van der Waals surface area contributed by atoms with E-state index in [1.807, 2.05) is 0 Å². The maximum absolute atomic E-state index is 11.8. The lowest BCUT2D eigenvalue weighted by molar-refractivity contribution is -0.692. The molecule has 0 saturated heterocycles. The van der Waals surface area contributed by atoms with Gasteiger partial charge in [-0.3, -0.25) is 0 Å². The van der Waals surface area contributed by atoms with Crippen LogP contribution >= 0.6 is 11.3 Å². The van der Waals surface area contributed by atoms with Crippen LogP contribution in [-0.2, 0) is 26.1 Å². The Morgan fingerprint density at radius 3 is 1.95 bits per heavy atom. The first-order valence-corrected chi connectivity index (χ1v) is 18.0. The quantitative estimate of drug-likeness (QED) is 0.0550. The Morgan fingerprint density at radius 1 is 0.875 bits per heavy atom. The number of alkyl carbamates (subject to hydrolysis) is 1. The average Bonchev–Trinajstić information content (AvgIpc) is 3.42. The monoisotopic (exact) mass is 604 g/mol. The Labute approximate surface area is 248 Å². The van der Waals surface area contributed by atoms with Crippen LogP contribution in [0.2, 0.25) is 0 Å². The third kappa shape index (κ3) is 32.7. The van der Waals surface area contributed by atoms with Crippen molar-refractivity contribution in [1.29, 1.82) is 0 Å².